The molecule has 0 radical (unpaired) electrons. The molecular formula is C25H21N3O2. The Bertz CT molecular complexity index is 1210. The topological polar surface area (TPSA) is 70.6 Å². The second kappa shape index (κ2) is 8.57. The van der Waals surface area contributed by atoms with Crippen molar-refractivity contribution in [3.05, 3.63) is 90.0 Å². The van der Waals surface area contributed by atoms with Crippen LogP contribution in [-0.4, -0.2) is 18.0 Å². The molecule has 2 N–H and O–H groups in total. The second-order valence-electron chi connectivity index (χ2n) is 7.12. The van der Waals surface area contributed by atoms with Crippen LogP contribution in [0.2, 0.25) is 0 Å². The van der Waals surface area contributed by atoms with Crippen LogP contribution in [0, 0.1) is 6.92 Å². The molecule has 0 unspecified atom stereocenters. The Balaban J connectivity index is 1.47. The molecule has 148 valence electrons. The Labute approximate surface area is 174 Å². The molecule has 0 fully saturated rings. The van der Waals surface area contributed by atoms with Gasteiger partial charge in [0, 0.05) is 11.3 Å². The van der Waals surface area contributed by atoms with Gasteiger partial charge in [-0.1, -0.05) is 66.2 Å². The molecule has 0 saturated heterocycles. The Morgan fingerprint density at radius 2 is 1.43 bits per heavy atom. The van der Waals surface area contributed by atoms with Crippen LogP contribution in [0.25, 0.3) is 21.5 Å². The van der Waals surface area contributed by atoms with Crippen LogP contribution in [0.5, 0.6) is 0 Å². The maximum absolute atomic E-state index is 12.1. The molecule has 4 aromatic carbocycles. The lowest BCUT2D eigenvalue weighted by Gasteiger charge is -2.08. The largest absolute Gasteiger partial charge is 0.326 e. The quantitative estimate of drug-likeness (QED) is 0.221. The van der Waals surface area contributed by atoms with Gasteiger partial charge in [0.2, 0.25) is 11.8 Å². The first-order chi connectivity index (χ1) is 14.6. The minimum atomic E-state index is -0.472. The molecule has 0 saturated carbocycles. The number of benzene rings is 4. The van der Waals surface area contributed by atoms with Gasteiger partial charge >= 0.3 is 0 Å². The van der Waals surface area contributed by atoms with Crippen LogP contribution in [-0.2, 0) is 9.59 Å². The lowest BCUT2D eigenvalue weighted by atomic mass is 9.97. The molecule has 0 aliphatic rings. The highest BCUT2D eigenvalue weighted by molar-refractivity contribution is 6.13. The van der Waals surface area contributed by atoms with Crippen LogP contribution in [0.3, 0.4) is 0 Å². The zero-order valence-corrected chi connectivity index (χ0v) is 16.6. The number of hydrogen-bond acceptors (Lipinski definition) is 3. The van der Waals surface area contributed by atoms with Crippen LogP contribution in [0.1, 0.15) is 17.5 Å². The summed E-state index contributed by atoms with van der Waals surface area (Å²) in [5, 5.41) is 11.1. The predicted octanol–water partition coefficient (Wildman–Crippen LogP) is 4.78. The third-order valence-electron chi connectivity index (χ3n) is 4.85. The van der Waals surface area contributed by atoms with Gasteiger partial charge in [-0.2, -0.15) is 5.10 Å². The van der Waals surface area contributed by atoms with Crippen molar-refractivity contribution in [2.75, 3.05) is 5.32 Å². The van der Waals surface area contributed by atoms with Gasteiger partial charge in [0.05, 0.1) is 6.21 Å². The summed E-state index contributed by atoms with van der Waals surface area (Å²) >= 11 is 0. The fourth-order valence-electron chi connectivity index (χ4n) is 3.38. The number of hydrazone groups is 1. The molecule has 4 aromatic rings. The van der Waals surface area contributed by atoms with Gasteiger partial charge in [0.15, 0.2) is 0 Å². The van der Waals surface area contributed by atoms with E-state index in [1.807, 2.05) is 67.6 Å². The molecule has 0 spiro atoms. The van der Waals surface area contributed by atoms with Gasteiger partial charge in [-0.3, -0.25) is 9.59 Å². The van der Waals surface area contributed by atoms with Crippen LogP contribution in [0.15, 0.2) is 84.0 Å². The molecule has 5 heteroatoms. The summed E-state index contributed by atoms with van der Waals surface area (Å²) in [5.41, 5.74) is 5.13. The van der Waals surface area contributed by atoms with Crippen molar-refractivity contribution in [2.45, 2.75) is 13.3 Å². The molecule has 0 aromatic heterocycles. The number of carbonyl (C=O) groups is 2. The summed E-state index contributed by atoms with van der Waals surface area (Å²) in [7, 11) is 0. The molecule has 0 aliphatic carbocycles. The average molecular weight is 395 g/mol. The lowest BCUT2D eigenvalue weighted by Crippen LogP contribution is -2.24. The van der Waals surface area contributed by atoms with Gasteiger partial charge in [-0.05, 0) is 46.7 Å². The average Bonchev–Trinajstić information content (AvgIpc) is 2.75. The molecule has 4 rings (SSSR count). The number of fused-ring (bicyclic) bond motifs is 2. The number of hydrogen-bond donors (Lipinski definition) is 2. The molecule has 30 heavy (non-hydrogen) atoms. The van der Waals surface area contributed by atoms with E-state index in [1.54, 1.807) is 18.3 Å². The maximum atomic E-state index is 12.1. The molecular weight excluding hydrogens is 374 g/mol. The van der Waals surface area contributed by atoms with E-state index >= 15 is 0 Å². The lowest BCUT2D eigenvalue weighted by molar-refractivity contribution is -0.126. The number of aryl methyl sites for hydroxylation is 1. The Hall–Kier alpha value is -3.99. The van der Waals surface area contributed by atoms with Crippen molar-refractivity contribution in [3.63, 3.8) is 0 Å². The van der Waals surface area contributed by atoms with Crippen LogP contribution < -0.4 is 10.7 Å². The Kier molecular flexibility index (Phi) is 5.52. The van der Waals surface area contributed by atoms with Crippen molar-refractivity contribution in [2.24, 2.45) is 5.10 Å². The third kappa shape index (κ3) is 4.36. The highest BCUT2D eigenvalue weighted by Crippen LogP contribution is 2.27. The number of amides is 2. The SMILES string of the molecule is Cc1ccc(NC(=O)CC(=O)NN=Cc2c3ccccc3cc3ccccc23)cc1. The monoisotopic (exact) mass is 395 g/mol. The fourth-order valence-corrected chi connectivity index (χ4v) is 3.38. The summed E-state index contributed by atoms with van der Waals surface area (Å²) in [4.78, 5) is 24.2. The van der Waals surface area contributed by atoms with Gasteiger partial charge in [0.1, 0.15) is 6.42 Å². The van der Waals surface area contributed by atoms with E-state index in [0.717, 1.165) is 32.7 Å². The zero-order valence-electron chi connectivity index (χ0n) is 16.6. The van der Waals surface area contributed by atoms with Gasteiger partial charge < -0.3 is 5.32 Å². The Morgan fingerprint density at radius 3 is 2.07 bits per heavy atom. The van der Waals surface area contributed by atoms with Crippen molar-refractivity contribution in [3.8, 4) is 0 Å². The number of rotatable bonds is 5. The fraction of sp³-hybridized carbons (Fsp3) is 0.0800. The highest BCUT2D eigenvalue weighted by Gasteiger charge is 2.09. The number of anilines is 1. The third-order valence-corrected chi connectivity index (χ3v) is 4.85. The summed E-state index contributed by atoms with van der Waals surface area (Å²) < 4.78 is 0. The number of nitrogens with one attached hydrogen (secondary N) is 2. The van der Waals surface area contributed by atoms with Gasteiger partial charge in [-0.25, -0.2) is 5.43 Å². The second-order valence-corrected chi connectivity index (χ2v) is 7.12. The van der Waals surface area contributed by atoms with Crippen molar-refractivity contribution >= 4 is 45.3 Å². The standard InChI is InChI=1S/C25H21N3O2/c1-17-10-12-20(13-11-17)27-24(29)15-25(30)28-26-16-23-21-8-4-2-6-18(21)14-19-7-3-5-9-22(19)23/h2-14,16H,15H2,1H3,(H,27,29)(H,28,30). The summed E-state index contributed by atoms with van der Waals surface area (Å²) in [6, 6.07) is 25.6. The molecule has 5 nitrogen and oxygen atoms in total. The summed E-state index contributed by atoms with van der Waals surface area (Å²) in [6.07, 6.45) is 1.34. The first kappa shape index (κ1) is 19.3. The number of carbonyl (C=O) groups excluding carboxylic acids is 2. The van der Waals surface area contributed by atoms with E-state index in [9.17, 15) is 9.59 Å². The van der Waals surface area contributed by atoms with E-state index in [4.69, 9.17) is 0 Å². The molecule has 0 aliphatic heterocycles. The first-order valence-corrected chi connectivity index (χ1v) is 9.69. The minimum absolute atomic E-state index is 0.304. The van der Waals surface area contributed by atoms with E-state index in [2.05, 4.69) is 21.9 Å². The smallest absolute Gasteiger partial charge is 0.249 e. The zero-order chi connectivity index (χ0) is 20.9. The van der Waals surface area contributed by atoms with Crippen molar-refractivity contribution < 1.29 is 9.59 Å². The van der Waals surface area contributed by atoms with Gasteiger partial charge in [0.25, 0.3) is 0 Å². The molecule has 0 heterocycles. The first-order valence-electron chi connectivity index (χ1n) is 9.69. The molecule has 2 amide bonds. The molecule has 0 atom stereocenters. The van der Waals surface area contributed by atoms with Gasteiger partial charge in [-0.15, -0.1) is 0 Å². The number of nitrogens with zero attached hydrogens (tertiary/aromatic N) is 1. The van der Waals surface area contributed by atoms with E-state index in [1.165, 1.54) is 0 Å². The van der Waals surface area contributed by atoms with E-state index in [-0.39, 0.29) is 12.3 Å². The van der Waals surface area contributed by atoms with E-state index in [0.29, 0.717) is 5.69 Å². The highest BCUT2D eigenvalue weighted by atomic mass is 16.2. The minimum Gasteiger partial charge on any atom is -0.326 e. The summed E-state index contributed by atoms with van der Waals surface area (Å²) in [6.45, 7) is 1.97. The predicted molar refractivity (Wildman–Crippen MR) is 122 cm³/mol. The van der Waals surface area contributed by atoms with Crippen LogP contribution in [0.4, 0.5) is 5.69 Å². The summed E-state index contributed by atoms with van der Waals surface area (Å²) in [5.74, 6) is -0.859. The maximum Gasteiger partial charge on any atom is 0.249 e. The van der Waals surface area contributed by atoms with Crippen LogP contribution >= 0.6 is 0 Å². The van der Waals surface area contributed by atoms with E-state index < -0.39 is 5.91 Å². The Morgan fingerprint density at radius 1 is 0.833 bits per heavy atom. The molecule has 0 bridgehead atoms. The van der Waals surface area contributed by atoms with Crippen molar-refractivity contribution in [1.29, 1.82) is 0 Å². The normalized spacial score (nSPS) is 11.1. The van der Waals surface area contributed by atoms with Crippen molar-refractivity contribution in [1.82, 2.24) is 5.43 Å².